The first kappa shape index (κ1) is 16.4. The minimum absolute atomic E-state index is 0.0957. The van der Waals surface area contributed by atoms with Crippen molar-refractivity contribution in [3.8, 4) is 11.1 Å². The summed E-state index contributed by atoms with van der Waals surface area (Å²) >= 11 is 0. The lowest BCUT2D eigenvalue weighted by atomic mass is 9.89. The van der Waals surface area contributed by atoms with Gasteiger partial charge in [0.25, 0.3) is 5.91 Å². The van der Waals surface area contributed by atoms with E-state index in [0.717, 1.165) is 40.4 Å². The summed E-state index contributed by atoms with van der Waals surface area (Å²) in [5, 5.41) is 4.06. The van der Waals surface area contributed by atoms with Crippen LogP contribution in [0.2, 0.25) is 0 Å². The summed E-state index contributed by atoms with van der Waals surface area (Å²) in [6, 6.07) is 7.59. The molecule has 2 saturated carbocycles. The Kier molecular flexibility index (Phi) is 4.07. The third kappa shape index (κ3) is 3.07. The van der Waals surface area contributed by atoms with Gasteiger partial charge in [-0.15, -0.1) is 0 Å². The third-order valence-corrected chi connectivity index (χ3v) is 6.22. The number of carbonyl (C=O) groups is 1. The quantitative estimate of drug-likeness (QED) is 0.769. The fraction of sp³-hybridized carbons (Fsp3) is 0.364. The van der Waals surface area contributed by atoms with Gasteiger partial charge in [0, 0.05) is 42.3 Å². The molecule has 3 aromatic rings. The Balaban J connectivity index is 1.43. The van der Waals surface area contributed by atoms with Gasteiger partial charge in [-0.3, -0.25) is 14.8 Å². The average molecular weight is 358 g/mol. The Morgan fingerprint density at radius 3 is 2.81 bits per heavy atom. The standard InChI is InChI=1S/C22H22N4O/c27-22(25-12-17-9-14-3-4-15(17)8-14)21-10-18(16-2-1-6-23-11-16)19-13-24-7-5-20(19)26-21/h1-2,5-7,10-11,13-15,17H,3-4,8-9,12H2,(H,25,27). The van der Waals surface area contributed by atoms with Crippen LogP contribution in [-0.4, -0.2) is 27.4 Å². The van der Waals surface area contributed by atoms with E-state index in [0.29, 0.717) is 11.6 Å². The van der Waals surface area contributed by atoms with E-state index in [9.17, 15) is 4.79 Å². The van der Waals surface area contributed by atoms with E-state index in [1.165, 1.54) is 25.7 Å². The highest BCUT2D eigenvalue weighted by molar-refractivity contribution is 6.00. The zero-order valence-corrected chi connectivity index (χ0v) is 15.1. The summed E-state index contributed by atoms with van der Waals surface area (Å²) in [4.78, 5) is 25.8. The van der Waals surface area contributed by atoms with Crippen molar-refractivity contribution in [1.82, 2.24) is 20.3 Å². The fourth-order valence-electron chi connectivity index (χ4n) is 4.89. The van der Waals surface area contributed by atoms with Crippen molar-refractivity contribution in [3.05, 3.63) is 54.7 Å². The van der Waals surface area contributed by atoms with Crippen molar-refractivity contribution >= 4 is 16.8 Å². The summed E-state index contributed by atoms with van der Waals surface area (Å²) in [6.07, 6.45) is 12.4. The molecule has 0 aliphatic heterocycles. The lowest BCUT2D eigenvalue weighted by Gasteiger charge is -2.21. The van der Waals surface area contributed by atoms with Gasteiger partial charge in [0.2, 0.25) is 0 Å². The topological polar surface area (TPSA) is 67.8 Å². The molecular weight excluding hydrogens is 336 g/mol. The number of nitrogens with one attached hydrogen (secondary N) is 1. The molecule has 2 aliphatic carbocycles. The average Bonchev–Trinajstić information content (AvgIpc) is 3.35. The molecule has 0 spiro atoms. The molecule has 2 aliphatic rings. The summed E-state index contributed by atoms with van der Waals surface area (Å²) in [6.45, 7) is 0.762. The first-order valence-corrected chi connectivity index (χ1v) is 9.71. The SMILES string of the molecule is O=C(NCC1CC2CCC1C2)c1cc(-c2cccnc2)c2cnccc2n1. The highest BCUT2D eigenvalue weighted by Gasteiger charge is 2.39. The monoisotopic (exact) mass is 358 g/mol. The second kappa shape index (κ2) is 6.72. The van der Waals surface area contributed by atoms with Crippen LogP contribution in [0.3, 0.4) is 0 Å². The minimum Gasteiger partial charge on any atom is -0.350 e. The molecule has 2 fully saturated rings. The van der Waals surface area contributed by atoms with E-state index in [4.69, 9.17) is 0 Å². The summed E-state index contributed by atoms with van der Waals surface area (Å²) in [5.74, 6) is 2.23. The summed E-state index contributed by atoms with van der Waals surface area (Å²) in [7, 11) is 0. The largest absolute Gasteiger partial charge is 0.350 e. The minimum atomic E-state index is -0.0957. The highest BCUT2D eigenvalue weighted by Crippen LogP contribution is 2.47. The third-order valence-electron chi connectivity index (χ3n) is 6.22. The van der Waals surface area contributed by atoms with E-state index in [1.807, 2.05) is 24.3 Å². The van der Waals surface area contributed by atoms with Crippen LogP contribution < -0.4 is 5.32 Å². The first-order valence-electron chi connectivity index (χ1n) is 9.71. The van der Waals surface area contributed by atoms with Crippen molar-refractivity contribution in [3.63, 3.8) is 0 Å². The number of fused-ring (bicyclic) bond motifs is 3. The normalized spacial score (nSPS) is 23.6. The predicted molar refractivity (Wildman–Crippen MR) is 104 cm³/mol. The lowest BCUT2D eigenvalue weighted by molar-refractivity contribution is 0.0937. The van der Waals surface area contributed by atoms with E-state index in [1.54, 1.807) is 24.8 Å². The molecule has 136 valence electrons. The fourth-order valence-corrected chi connectivity index (χ4v) is 4.89. The number of aromatic nitrogens is 3. The Hall–Kier alpha value is -2.82. The molecule has 2 bridgehead atoms. The van der Waals surface area contributed by atoms with E-state index in [-0.39, 0.29) is 5.91 Å². The molecule has 1 amide bonds. The molecule has 3 unspecified atom stereocenters. The number of pyridine rings is 3. The van der Waals surface area contributed by atoms with Gasteiger partial charge in [-0.05, 0) is 60.8 Å². The van der Waals surface area contributed by atoms with Crippen LogP contribution in [-0.2, 0) is 0 Å². The molecule has 3 heterocycles. The van der Waals surface area contributed by atoms with Gasteiger partial charge >= 0.3 is 0 Å². The number of hydrogen-bond donors (Lipinski definition) is 1. The van der Waals surface area contributed by atoms with Crippen molar-refractivity contribution in [1.29, 1.82) is 0 Å². The molecule has 3 aromatic heterocycles. The van der Waals surface area contributed by atoms with E-state index < -0.39 is 0 Å². The maximum atomic E-state index is 12.8. The molecule has 27 heavy (non-hydrogen) atoms. The molecule has 0 aromatic carbocycles. The highest BCUT2D eigenvalue weighted by atomic mass is 16.1. The Labute approximate surface area is 158 Å². The number of amides is 1. The maximum Gasteiger partial charge on any atom is 0.269 e. The zero-order chi connectivity index (χ0) is 18.2. The lowest BCUT2D eigenvalue weighted by Crippen LogP contribution is -2.32. The molecule has 0 saturated heterocycles. The van der Waals surface area contributed by atoms with Gasteiger partial charge in [-0.2, -0.15) is 0 Å². The number of hydrogen-bond acceptors (Lipinski definition) is 4. The van der Waals surface area contributed by atoms with Gasteiger partial charge < -0.3 is 5.32 Å². The molecule has 1 N–H and O–H groups in total. The molecular formula is C22H22N4O. The second-order valence-corrected chi connectivity index (χ2v) is 7.83. The van der Waals surface area contributed by atoms with E-state index in [2.05, 4.69) is 20.3 Å². The first-order chi connectivity index (χ1) is 13.3. The van der Waals surface area contributed by atoms with Gasteiger partial charge in [-0.25, -0.2) is 4.98 Å². The smallest absolute Gasteiger partial charge is 0.269 e. The summed E-state index contributed by atoms with van der Waals surface area (Å²) in [5.41, 5.74) is 3.12. The van der Waals surface area contributed by atoms with Crippen LogP contribution in [0, 0.1) is 17.8 Å². The van der Waals surface area contributed by atoms with Crippen LogP contribution in [0.4, 0.5) is 0 Å². The van der Waals surface area contributed by atoms with Crippen LogP contribution in [0.5, 0.6) is 0 Å². The Bertz CT molecular complexity index is 988. The Morgan fingerprint density at radius 2 is 2.04 bits per heavy atom. The van der Waals surface area contributed by atoms with Crippen molar-refractivity contribution in [2.75, 3.05) is 6.54 Å². The van der Waals surface area contributed by atoms with Crippen molar-refractivity contribution in [2.24, 2.45) is 17.8 Å². The zero-order valence-electron chi connectivity index (χ0n) is 15.1. The van der Waals surface area contributed by atoms with Crippen LogP contribution >= 0.6 is 0 Å². The second-order valence-electron chi connectivity index (χ2n) is 7.83. The van der Waals surface area contributed by atoms with Crippen LogP contribution in [0.25, 0.3) is 22.0 Å². The predicted octanol–water partition coefficient (Wildman–Crippen LogP) is 3.86. The van der Waals surface area contributed by atoms with Crippen LogP contribution in [0.15, 0.2) is 49.1 Å². The van der Waals surface area contributed by atoms with Gasteiger partial charge in [0.15, 0.2) is 0 Å². The maximum absolute atomic E-state index is 12.8. The molecule has 5 heteroatoms. The van der Waals surface area contributed by atoms with Gasteiger partial charge in [-0.1, -0.05) is 12.5 Å². The molecule has 3 atom stereocenters. The Morgan fingerprint density at radius 1 is 1.11 bits per heavy atom. The summed E-state index contributed by atoms with van der Waals surface area (Å²) < 4.78 is 0. The van der Waals surface area contributed by atoms with E-state index >= 15 is 0 Å². The number of nitrogens with zero attached hydrogens (tertiary/aromatic N) is 3. The van der Waals surface area contributed by atoms with Crippen molar-refractivity contribution < 1.29 is 4.79 Å². The number of rotatable bonds is 4. The molecule has 5 nitrogen and oxygen atoms in total. The number of carbonyl (C=O) groups excluding carboxylic acids is 1. The van der Waals surface area contributed by atoms with Gasteiger partial charge in [0.1, 0.15) is 5.69 Å². The molecule has 5 rings (SSSR count). The van der Waals surface area contributed by atoms with Crippen LogP contribution in [0.1, 0.15) is 36.2 Å². The molecule has 0 radical (unpaired) electrons. The van der Waals surface area contributed by atoms with Crippen molar-refractivity contribution in [2.45, 2.75) is 25.7 Å². The van der Waals surface area contributed by atoms with Gasteiger partial charge in [0.05, 0.1) is 5.52 Å².